The first-order valence-corrected chi connectivity index (χ1v) is 11.9. The molecular weight excluding hydrogens is 360 g/mol. The highest BCUT2D eigenvalue weighted by molar-refractivity contribution is 7.94. The van der Waals surface area contributed by atoms with Crippen LogP contribution < -0.4 is 5.19 Å². The van der Waals surface area contributed by atoms with Gasteiger partial charge in [0.1, 0.15) is 0 Å². The number of ether oxygens (including phenoxy) is 1. The summed E-state index contributed by atoms with van der Waals surface area (Å²) in [5, 5.41) is 1.23. The van der Waals surface area contributed by atoms with Crippen LogP contribution in [-0.2, 0) is 14.6 Å². The molecule has 0 saturated carbocycles. The number of aryl methyl sites for hydroxylation is 1. The minimum atomic E-state index is -3.46. The molecule has 0 radical (unpaired) electrons. The highest BCUT2D eigenvalue weighted by atomic mass is 32.2. The predicted octanol–water partition coefficient (Wildman–Crippen LogP) is 2.63. The summed E-state index contributed by atoms with van der Waals surface area (Å²) in [6.07, 6.45) is 5.22. The highest BCUT2D eigenvalue weighted by Crippen LogP contribution is 2.35. The Kier molecular flexibility index (Phi) is 5.51. The summed E-state index contributed by atoms with van der Waals surface area (Å²) in [5.41, 5.74) is 2.45. The van der Waals surface area contributed by atoms with Gasteiger partial charge in [-0.25, -0.2) is 8.42 Å². The van der Waals surface area contributed by atoms with E-state index in [0.717, 1.165) is 6.42 Å². The maximum absolute atomic E-state index is 13.6. The molecule has 3 nitrogen and oxygen atoms in total. The molecule has 138 valence electrons. The summed E-state index contributed by atoms with van der Waals surface area (Å²) >= 11 is 0. The van der Waals surface area contributed by atoms with E-state index in [1.54, 1.807) is 31.4 Å². The highest BCUT2D eigenvalue weighted by Gasteiger charge is 2.45. The Hall–Kier alpha value is -1.69. The van der Waals surface area contributed by atoms with Gasteiger partial charge in [-0.05, 0) is 49.9 Å². The molecule has 5 heteroatoms. The molecule has 2 aromatic carbocycles. The lowest BCUT2D eigenvalue weighted by molar-refractivity contribution is 0.127. The second kappa shape index (κ2) is 7.51. The van der Waals surface area contributed by atoms with Gasteiger partial charge in [-0.15, -0.1) is 0 Å². The molecule has 0 fully saturated rings. The van der Waals surface area contributed by atoms with Crippen LogP contribution in [0.1, 0.15) is 24.0 Å². The van der Waals surface area contributed by atoms with E-state index in [9.17, 15) is 8.42 Å². The molecule has 26 heavy (non-hydrogen) atoms. The SMILES string of the molecule is COC1C=CC([SiH2]c2cccc(C)c2C)(S(=O)(=O)c2ccccc2)CC1. The average Bonchev–Trinajstić information content (AvgIpc) is 2.66. The summed E-state index contributed by atoms with van der Waals surface area (Å²) in [6, 6.07) is 15.1. The van der Waals surface area contributed by atoms with E-state index in [1.165, 1.54) is 16.3 Å². The first-order chi connectivity index (χ1) is 12.4. The number of rotatable bonds is 5. The fourth-order valence-electron chi connectivity index (χ4n) is 3.67. The Morgan fingerprint density at radius 1 is 1.08 bits per heavy atom. The Balaban J connectivity index is 2.11. The summed E-state index contributed by atoms with van der Waals surface area (Å²) in [6.45, 7) is 4.19. The predicted molar refractivity (Wildman–Crippen MR) is 110 cm³/mol. The molecular formula is C21H26O3SSi. The Morgan fingerprint density at radius 3 is 2.42 bits per heavy atom. The lowest BCUT2D eigenvalue weighted by Crippen LogP contribution is -2.50. The van der Waals surface area contributed by atoms with E-state index < -0.39 is 23.7 Å². The van der Waals surface area contributed by atoms with Crippen LogP contribution in [0.5, 0.6) is 0 Å². The zero-order valence-electron chi connectivity index (χ0n) is 15.6. The van der Waals surface area contributed by atoms with Crippen molar-refractivity contribution in [1.29, 1.82) is 0 Å². The molecule has 0 saturated heterocycles. The minimum absolute atomic E-state index is 0.00158. The van der Waals surface area contributed by atoms with Gasteiger partial charge in [0, 0.05) is 7.11 Å². The van der Waals surface area contributed by atoms with Gasteiger partial charge in [0.2, 0.25) is 0 Å². The molecule has 0 heterocycles. The minimum Gasteiger partial charge on any atom is -0.377 e. The zero-order valence-corrected chi connectivity index (χ0v) is 17.8. The largest absolute Gasteiger partial charge is 0.377 e. The van der Waals surface area contributed by atoms with E-state index in [1.807, 2.05) is 24.3 Å². The maximum atomic E-state index is 13.6. The van der Waals surface area contributed by atoms with Crippen LogP contribution in [0.3, 0.4) is 0 Å². The van der Waals surface area contributed by atoms with Crippen molar-refractivity contribution in [1.82, 2.24) is 0 Å². The number of hydrogen-bond acceptors (Lipinski definition) is 3. The molecule has 2 unspecified atom stereocenters. The average molecular weight is 387 g/mol. The first kappa shape index (κ1) is 19.1. The Bertz CT molecular complexity index is 906. The van der Waals surface area contributed by atoms with Gasteiger partial charge < -0.3 is 4.74 Å². The number of sulfone groups is 1. The lowest BCUT2D eigenvalue weighted by atomic mass is 10.0. The van der Waals surface area contributed by atoms with Gasteiger partial charge in [0.05, 0.1) is 24.9 Å². The van der Waals surface area contributed by atoms with Crippen LogP contribution in [0.15, 0.2) is 65.6 Å². The molecule has 1 aliphatic rings. The van der Waals surface area contributed by atoms with E-state index in [0.29, 0.717) is 11.3 Å². The summed E-state index contributed by atoms with van der Waals surface area (Å²) < 4.78 is 31.9. The van der Waals surface area contributed by atoms with E-state index in [-0.39, 0.29) is 6.10 Å². The van der Waals surface area contributed by atoms with Crippen LogP contribution in [0.25, 0.3) is 0 Å². The molecule has 2 atom stereocenters. The maximum Gasteiger partial charge on any atom is 0.184 e. The van der Waals surface area contributed by atoms with Crippen LogP contribution in [0.4, 0.5) is 0 Å². The lowest BCUT2D eigenvalue weighted by Gasteiger charge is -2.35. The second-order valence-electron chi connectivity index (χ2n) is 7.09. The molecule has 0 bridgehead atoms. The molecule has 0 amide bonds. The normalized spacial score (nSPS) is 23.6. The van der Waals surface area contributed by atoms with Gasteiger partial charge in [-0.2, -0.15) is 0 Å². The van der Waals surface area contributed by atoms with Gasteiger partial charge in [0.15, 0.2) is 9.84 Å². The summed E-state index contributed by atoms with van der Waals surface area (Å²) in [5.74, 6) is 0. The van der Waals surface area contributed by atoms with Crippen LogP contribution in [-0.4, -0.2) is 35.5 Å². The third kappa shape index (κ3) is 3.43. The van der Waals surface area contributed by atoms with Crippen LogP contribution in [0, 0.1) is 13.8 Å². The number of methoxy groups -OCH3 is 1. The topological polar surface area (TPSA) is 43.4 Å². The molecule has 2 aromatic rings. The third-order valence-corrected chi connectivity index (χ3v) is 11.8. The van der Waals surface area contributed by atoms with Crippen molar-refractivity contribution in [3.8, 4) is 0 Å². The Labute approximate surface area is 158 Å². The van der Waals surface area contributed by atoms with Crippen molar-refractivity contribution in [3.63, 3.8) is 0 Å². The van der Waals surface area contributed by atoms with Gasteiger partial charge in [-0.3, -0.25) is 0 Å². The van der Waals surface area contributed by atoms with Gasteiger partial charge in [-0.1, -0.05) is 53.7 Å². The van der Waals surface area contributed by atoms with Crippen molar-refractivity contribution < 1.29 is 13.2 Å². The Morgan fingerprint density at radius 2 is 1.81 bits per heavy atom. The fraction of sp³-hybridized carbons (Fsp3) is 0.333. The van der Waals surface area contributed by atoms with Gasteiger partial charge >= 0.3 is 0 Å². The number of hydrogen-bond donors (Lipinski definition) is 0. The molecule has 3 rings (SSSR count). The van der Waals surface area contributed by atoms with Crippen molar-refractivity contribution in [3.05, 3.63) is 71.8 Å². The van der Waals surface area contributed by atoms with E-state index >= 15 is 0 Å². The monoisotopic (exact) mass is 386 g/mol. The fourth-order valence-corrected chi connectivity index (χ4v) is 9.10. The second-order valence-corrected chi connectivity index (χ2v) is 12.3. The molecule has 0 N–H and O–H groups in total. The van der Waals surface area contributed by atoms with Crippen molar-refractivity contribution in [2.75, 3.05) is 7.11 Å². The van der Waals surface area contributed by atoms with E-state index in [4.69, 9.17) is 4.74 Å². The quantitative estimate of drug-likeness (QED) is 0.586. The molecule has 0 aromatic heterocycles. The van der Waals surface area contributed by atoms with E-state index in [2.05, 4.69) is 26.0 Å². The van der Waals surface area contributed by atoms with Crippen LogP contribution in [0.2, 0.25) is 0 Å². The summed E-state index contributed by atoms with van der Waals surface area (Å²) in [7, 11) is -2.91. The summed E-state index contributed by atoms with van der Waals surface area (Å²) in [4.78, 5) is 0.415. The third-order valence-electron chi connectivity index (χ3n) is 5.56. The first-order valence-electron chi connectivity index (χ1n) is 8.96. The standard InChI is InChI=1S/C21H26O3SSi/c1-16-8-7-11-20(17(16)2)26-21(14-12-18(24-3)13-15-21)25(22,23)19-9-5-4-6-10-19/h4-12,14,18H,13,15,26H2,1-3H3. The molecule has 1 aliphatic carbocycles. The van der Waals surface area contributed by atoms with Crippen molar-refractivity contribution >= 4 is 24.5 Å². The van der Waals surface area contributed by atoms with Gasteiger partial charge in [0.25, 0.3) is 0 Å². The smallest absolute Gasteiger partial charge is 0.184 e. The zero-order chi connectivity index (χ0) is 18.8. The number of benzene rings is 2. The molecule has 0 aliphatic heterocycles. The van der Waals surface area contributed by atoms with Crippen molar-refractivity contribution in [2.24, 2.45) is 0 Å². The van der Waals surface area contributed by atoms with Crippen molar-refractivity contribution in [2.45, 2.75) is 42.1 Å². The van der Waals surface area contributed by atoms with Crippen LogP contribution >= 0.6 is 0 Å². The molecule has 0 spiro atoms.